The Morgan fingerprint density at radius 3 is 2.23 bits per heavy atom. The first-order valence-corrected chi connectivity index (χ1v) is 8.77. The molecule has 142 valence electrons. The van der Waals surface area contributed by atoms with Crippen LogP contribution in [-0.2, 0) is 24.3 Å². The number of hydrogen-bond acceptors (Lipinski definition) is 7. The average molecular weight is 386 g/mol. The molecule has 0 radical (unpaired) electrons. The number of likely N-dealkylation sites (N-methyl/N-ethyl adjacent to an activating group) is 1. The maximum absolute atomic E-state index is 12.9. The Hall–Kier alpha value is -2.59. The maximum atomic E-state index is 12.9. The fourth-order valence-electron chi connectivity index (χ4n) is 2.00. The number of benzene rings is 1. The molecule has 8 nitrogen and oxygen atoms in total. The summed E-state index contributed by atoms with van der Waals surface area (Å²) in [5.74, 6) is -2.74. The van der Waals surface area contributed by atoms with Crippen LogP contribution in [-0.4, -0.2) is 55.5 Å². The monoisotopic (exact) mass is 386 g/mol. The summed E-state index contributed by atoms with van der Waals surface area (Å²) >= 11 is 0. The summed E-state index contributed by atoms with van der Waals surface area (Å²) in [4.78, 5) is 22.9. The average Bonchev–Trinajstić information content (AvgIpc) is 2.52. The van der Waals surface area contributed by atoms with Gasteiger partial charge in [-0.25, -0.2) is 12.8 Å². The number of Topliss-reactive ketones (excluding diaryl/α,β-unsaturated/α-hetero) is 1. The molecule has 10 heteroatoms. The summed E-state index contributed by atoms with van der Waals surface area (Å²) in [5.41, 5.74) is -0.466. The van der Waals surface area contributed by atoms with E-state index in [-0.39, 0.29) is 16.2 Å². The van der Waals surface area contributed by atoms with Gasteiger partial charge in [-0.2, -0.15) is 4.31 Å². The Bertz CT molecular complexity index is 830. The third-order valence-electron chi connectivity index (χ3n) is 3.26. The number of nitrogens with one attached hydrogen (secondary N) is 1. The van der Waals surface area contributed by atoms with E-state index in [1.165, 1.54) is 6.92 Å². The molecule has 0 aliphatic carbocycles. The number of esters is 1. The summed E-state index contributed by atoms with van der Waals surface area (Å²) in [7, 11) is -2.89. The van der Waals surface area contributed by atoms with Crippen molar-refractivity contribution in [1.29, 1.82) is 5.41 Å². The molecule has 0 atom stereocenters. The van der Waals surface area contributed by atoms with Gasteiger partial charge in [-0.3, -0.25) is 9.59 Å². The van der Waals surface area contributed by atoms with E-state index in [4.69, 9.17) is 10.1 Å². The van der Waals surface area contributed by atoms with Gasteiger partial charge in [0.15, 0.2) is 5.78 Å². The number of nitrogens with zero attached hydrogens (tertiary/aromatic N) is 1. The van der Waals surface area contributed by atoms with Crippen molar-refractivity contribution >= 4 is 27.5 Å². The lowest BCUT2D eigenvalue weighted by Gasteiger charge is -2.16. The molecular formula is C16H19FN2O6S. The van der Waals surface area contributed by atoms with Crippen LogP contribution < -0.4 is 0 Å². The first kappa shape index (κ1) is 21.5. The van der Waals surface area contributed by atoms with Crippen LogP contribution in [0.4, 0.5) is 4.39 Å². The Kier molecular flexibility index (Phi) is 7.16. The number of rotatable bonds is 8. The van der Waals surface area contributed by atoms with Crippen LogP contribution in [0.25, 0.3) is 0 Å². The number of aliphatic hydroxyl groups is 1. The molecule has 0 unspecified atom stereocenters. The zero-order valence-electron chi connectivity index (χ0n) is 14.4. The minimum atomic E-state index is -4.03. The number of halogens is 1. The Morgan fingerprint density at radius 1 is 1.23 bits per heavy atom. The van der Waals surface area contributed by atoms with E-state index in [0.717, 1.165) is 38.2 Å². The number of ether oxygens (including phenoxy) is 1. The highest BCUT2D eigenvalue weighted by Gasteiger charge is 2.24. The highest BCUT2D eigenvalue weighted by atomic mass is 32.2. The van der Waals surface area contributed by atoms with Gasteiger partial charge in [0.1, 0.15) is 24.7 Å². The maximum Gasteiger partial charge on any atom is 0.321 e. The molecule has 0 saturated carbocycles. The predicted octanol–water partition coefficient (Wildman–Crippen LogP) is 1.43. The Labute approximate surface area is 150 Å². The van der Waals surface area contributed by atoms with Crippen LogP contribution >= 0.6 is 0 Å². The largest absolute Gasteiger partial charge is 0.508 e. The summed E-state index contributed by atoms with van der Waals surface area (Å²) in [6.45, 7) is 1.10. The molecule has 0 heterocycles. The Morgan fingerprint density at radius 2 is 1.77 bits per heavy atom. The van der Waals surface area contributed by atoms with Crippen LogP contribution in [0.2, 0.25) is 0 Å². The molecule has 1 aromatic carbocycles. The van der Waals surface area contributed by atoms with Crippen LogP contribution in [0.5, 0.6) is 0 Å². The molecule has 1 rings (SSSR count). The van der Waals surface area contributed by atoms with E-state index in [2.05, 4.69) is 0 Å². The van der Waals surface area contributed by atoms with E-state index >= 15 is 0 Å². The standard InChI is InChI=1S/C16H19FN2O6S/c1-10(18)16(11(2)20)14(21)9-25-15(22)8-19(3)26(23,24)13-6-4-12(17)5-7-13/h4-7,18,21H,8-9H2,1-3H3/b16-14-,18-10?. The summed E-state index contributed by atoms with van der Waals surface area (Å²) in [6.07, 6.45) is 0. The van der Waals surface area contributed by atoms with Crippen molar-refractivity contribution in [3.63, 3.8) is 0 Å². The van der Waals surface area contributed by atoms with Crippen molar-refractivity contribution < 1.29 is 32.2 Å². The molecule has 26 heavy (non-hydrogen) atoms. The highest BCUT2D eigenvalue weighted by molar-refractivity contribution is 7.89. The molecule has 1 aromatic rings. The van der Waals surface area contributed by atoms with Gasteiger partial charge in [-0.05, 0) is 38.1 Å². The summed E-state index contributed by atoms with van der Waals surface area (Å²) in [6, 6.07) is 4.08. The quantitative estimate of drug-likeness (QED) is 0.301. The smallest absolute Gasteiger partial charge is 0.321 e. The lowest BCUT2D eigenvalue weighted by atomic mass is 10.1. The molecule has 0 aromatic heterocycles. The van der Waals surface area contributed by atoms with Crippen molar-refractivity contribution in [2.24, 2.45) is 0 Å². The number of ketones is 1. The minimum absolute atomic E-state index is 0.193. The normalized spacial score (nSPS) is 12.5. The van der Waals surface area contributed by atoms with E-state index in [0.29, 0.717) is 4.31 Å². The predicted molar refractivity (Wildman–Crippen MR) is 90.9 cm³/mol. The van der Waals surface area contributed by atoms with Crippen LogP contribution in [0.3, 0.4) is 0 Å². The Balaban J connectivity index is 2.78. The third kappa shape index (κ3) is 5.46. The SMILES string of the molecule is CC(=N)/C(C(C)=O)=C(/O)COC(=O)CN(C)S(=O)(=O)c1ccc(F)cc1. The lowest BCUT2D eigenvalue weighted by molar-refractivity contribution is -0.143. The molecule has 0 amide bonds. The number of sulfonamides is 1. The molecule has 0 bridgehead atoms. The van der Waals surface area contributed by atoms with Crippen molar-refractivity contribution in [1.82, 2.24) is 4.31 Å². The number of aliphatic hydroxyl groups excluding tert-OH is 1. The molecule has 2 N–H and O–H groups in total. The molecule has 0 fully saturated rings. The zero-order valence-corrected chi connectivity index (χ0v) is 15.3. The molecule has 0 spiro atoms. The van der Waals surface area contributed by atoms with Crippen molar-refractivity contribution in [3.8, 4) is 0 Å². The van der Waals surface area contributed by atoms with Gasteiger partial charge in [0.25, 0.3) is 0 Å². The highest BCUT2D eigenvalue weighted by Crippen LogP contribution is 2.15. The van der Waals surface area contributed by atoms with Crippen LogP contribution in [0, 0.1) is 11.2 Å². The first-order valence-electron chi connectivity index (χ1n) is 7.33. The summed E-state index contributed by atoms with van der Waals surface area (Å²) < 4.78 is 42.9. The van der Waals surface area contributed by atoms with E-state index in [1.807, 2.05) is 0 Å². The fraction of sp³-hybridized carbons (Fsp3) is 0.312. The van der Waals surface area contributed by atoms with Crippen LogP contribution in [0.1, 0.15) is 13.8 Å². The number of carbonyl (C=O) groups excluding carboxylic acids is 2. The number of allylic oxidation sites excluding steroid dienone is 1. The van der Waals surface area contributed by atoms with Crippen LogP contribution in [0.15, 0.2) is 40.5 Å². The van der Waals surface area contributed by atoms with Crippen molar-refractivity contribution in [3.05, 3.63) is 41.4 Å². The van der Waals surface area contributed by atoms with Crippen molar-refractivity contribution in [2.75, 3.05) is 20.2 Å². The summed E-state index contributed by atoms with van der Waals surface area (Å²) in [5, 5.41) is 17.2. The molecule has 0 aliphatic rings. The second-order valence-electron chi connectivity index (χ2n) is 5.38. The lowest BCUT2D eigenvalue weighted by Crippen LogP contribution is -2.33. The fourth-order valence-corrected chi connectivity index (χ4v) is 3.12. The van der Waals surface area contributed by atoms with Gasteiger partial charge in [0.2, 0.25) is 10.0 Å². The van der Waals surface area contributed by atoms with Gasteiger partial charge in [0, 0.05) is 12.8 Å². The molecule has 0 aliphatic heterocycles. The van der Waals surface area contributed by atoms with E-state index < -0.39 is 46.5 Å². The molecule has 0 saturated heterocycles. The first-order chi connectivity index (χ1) is 12.0. The number of hydrogen-bond donors (Lipinski definition) is 2. The molecular weight excluding hydrogens is 367 g/mol. The van der Waals surface area contributed by atoms with Crippen molar-refractivity contribution in [2.45, 2.75) is 18.7 Å². The second-order valence-corrected chi connectivity index (χ2v) is 7.42. The second kappa shape index (κ2) is 8.68. The van der Waals surface area contributed by atoms with E-state index in [1.54, 1.807) is 0 Å². The van der Waals surface area contributed by atoms with Gasteiger partial charge >= 0.3 is 5.97 Å². The van der Waals surface area contributed by atoms with Gasteiger partial charge in [-0.1, -0.05) is 0 Å². The van der Waals surface area contributed by atoms with Gasteiger partial charge in [0.05, 0.1) is 10.5 Å². The minimum Gasteiger partial charge on any atom is -0.508 e. The number of carbonyl (C=O) groups is 2. The third-order valence-corrected chi connectivity index (χ3v) is 5.08. The van der Waals surface area contributed by atoms with Gasteiger partial charge < -0.3 is 15.3 Å². The topological polar surface area (TPSA) is 125 Å². The van der Waals surface area contributed by atoms with Gasteiger partial charge in [-0.15, -0.1) is 0 Å². The van der Waals surface area contributed by atoms with E-state index in [9.17, 15) is 27.5 Å². The zero-order chi connectivity index (χ0) is 20.1.